The Morgan fingerprint density at radius 1 is 1.45 bits per heavy atom. The number of nitrogens with zero attached hydrogens (tertiary/aromatic N) is 1. The fourth-order valence-corrected chi connectivity index (χ4v) is 2.09. The molecule has 1 aliphatic rings. The van der Waals surface area contributed by atoms with Crippen molar-refractivity contribution < 1.29 is 18.0 Å². The van der Waals surface area contributed by atoms with Crippen LogP contribution in [0.2, 0.25) is 5.02 Å². The van der Waals surface area contributed by atoms with Crippen LogP contribution in [0.1, 0.15) is 12.0 Å². The Kier molecular flexibility index (Phi) is 5.47. The Labute approximate surface area is 130 Å². The molecule has 1 fully saturated rings. The highest BCUT2D eigenvalue weighted by Crippen LogP contribution is 2.32. The van der Waals surface area contributed by atoms with E-state index in [0.717, 1.165) is 19.2 Å². The number of rotatable bonds is 6. The predicted octanol–water partition coefficient (Wildman–Crippen LogP) is 1.89. The zero-order valence-electron chi connectivity index (χ0n) is 11.6. The standard InChI is InChI=1S/C13H16ClF3N4O/c14-10-3-9(13(15,16)17)7-21-12(10)19-2-1-11(22)20-6-8-4-18-5-8/h3,7-8,18H,1-2,4-6H2,(H,19,21)(H,20,22). The lowest BCUT2D eigenvalue weighted by molar-refractivity contribution is -0.137. The lowest BCUT2D eigenvalue weighted by Gasteiger charge is -2.27. The predicted molar refractivity (Wildman–Crippen MR) is 76.7 cm³/mol. The number of carbonyl (C=O) groups is 1. The minimum atomic E-state index is -4.48. The number of hydrogen-bond donors (Lipinski definition) is 3. The molecule has 0 saturated carbocycles. The van der Waals surface area contributed by atoms with Crippen LogP contribution in [0.15, 0.2) is 12.3 Å². The van der Waals surface area contributed by atoms with Crippen molar-refractivity contribution in [3.63, 3.8) is 0 Å². The first-order chi connectivity index (χ1) is 10.4. The number of anilines is 1. The first kappa shape index (κ1) is 16.8. The van der Waals surface area contributed by atoms with Gasteiger partial charge in [-0.25, -0.2) is 4.98 Å². The molecule has 0 unspecified atom stereocenters. The summed E-state index contributed by atoms with van der Waals surface area (Å²) in [6.07, 6.45) is -3.58. The monoisotopic (exact) mass is 336 g/mol. The van der Waals surface area contributed by atoms with Gasteiger partial charge in [0, 0.05) is 44.7 Å². The molecule has 122 valence electrons. The molecule has 1 aliphatic heterocycles. The van der Waals surface area contributed by atoms with Gasteiger partial charge in [-0.15, -0.1) is 0 Å². The minimum absolute atomic E-state index is 0.123. The van der Waals surface area contributed by atoms with E-state index in [1.165, 1.54) is 0 Å². The smallest absolute Gasteiger partial charge is 0.368 e. The minimum Gasteiger partial charge on any atom is -0.368 e. The summed E-state index contributed by atoms with van der Waals surface area (Å²) in [5, 5.41) is 8.52. The summed E-state index contributed by atoms with van der Waals surface area (Å²) in [6, 6.07) is 0.806. The van der Waals surface area contributed by atoms with E-state index in [1.807, 2.05) is 0 Å². The van der Waals surface area contributed by atoms with Crippen molar-refractivity contribution in [3.8, 4) is 0 Å². The van der Waals surface area contributed by atoms with Gasteiger partial charge in [-0.3, -0.25) is 4.79 Å². The largest absolute Gasteiger partial charge is 0.417 e. The molecular weight excluding hydrogens is 321 g/mol. The average Bonchev–Trinajstić information content (AvgIpc) is 2.37. The van der Waals surface area contributed by atoms with E-state index in [-0.39, 0.29) is 29.7 Å². The van der Waals surface area contributed by atoms with Crippen LogP contribution in [0.3, 0.4) is 0 Å². The van der Waals surface area contributed by atoms with Crippen molar-refractivity contribution in [2.45, 2.75) is 12.6 Å². The average molecular weight is 337 g/mol. The van der Waals surface area contributed by atoms with Gasteiger partial charge in [0.05, 0.1) is 10.6 Å². The molecule has 0 bridgehead atoms. The van der Waals surface area contributed by atoms with Crippen molar-refractivity contribution >= 4 is 23.3 Å². The number of alkyl halides is 3. The second-order valence-corrected chi connectivity index (χ2v) is 5.46. The molecule has 0 radical (unpaired) electrons. The van der Waals surface area contributed by atoms with Gasteiger partial charge in [0.15, 0.2) is 0 Å². The zero-order valence-corrected chi connectivity index (χ0v) is 12.4. The summed E-state index contributed by atoms with van der Waals surface area (Å²) in [6.45, 7) is 2.69. The summed E-state index contributed by atoms with van der Waals surface area (Å²) in [5.74, 6) is 0.482. The molecule has 2 rings (SSSR count). The summed E-state index contributed by atoms with van der Waals surface area (Å²) < 4.78 is 37.4. The molecule has 0 aromatic carbocycles. The van der Waals surface area contributed by atoms with Gasteiger partial charge in [-0.05, 0) is 6.07 Å². The van der Waals surface area contributed by atoms with Crippen LogP contribution in [0, 0.1) is 5.92 Å². The van der Waals surface area contributed by atoms with Crippen molar-refractivity contribution in [3.05, 3.63) is 22.8 Å². The van der Waals surface area contributed by atoms with E-state index >= 15 is 0 Å². The number of amides is 1. The fourth-order valence-electron chi connectivity index (χ4n) is 1.86. The van der Waals surface area contributed by atoms with Crippen LogP contribution in [0.5, 0.6) is 0 Å². The molecule has 1 amide bonds. The molecule has 0 aliphatic carbocycles. The summed E-state index contributed by atoms with van der Waals surface area (Å²) in [5.41, 5.74) is -0.907. The number of hydrogen-bond acceptors (Lipinski definition) is 4. The molecule has 9 heteroatoms. The third-order valence-corrected chi connectivity index (χ3v) is 3.56. The summed E-state index contributed by atoms with van der Waals surface area (Å²) >= 11 is 5.75. The first-order valence-corrected chi connectivity index (χ1v) is 7.18. The third-order valence-electron chi connectivity index (χ3n) is 3.27. The maximum atomic E-state index is 12.5. The highest BCUT2D eigenvalue weighted by molar-refractivity contribution is 6.32. The van der Waals surface area contributed by atoms with Crippen molar-refractivity contribution in [2.75, 3.05) is 31.5 Å². The first-order valence-electron chi connectivity index (χ1n) is 6.80. The van der Waals surface area contributed by atoms with Gasteiger partial charge in [-0.1, -0.05) is 11.6 Å². The molecule has 0 atom stereocenters. The van der Waals surface area contributed by atoms with Crippen LogP contribution >= 0.6 is 11.6 Å². The van der Waals surface area contributed by atoms with E-state index in [9.17, 15) is 18.0 Å². The molecule has 1 saturated heterocycles. The van der Waals surface area contributed by atoms with Gasteiger partial charge in [0.25, 0.3) is 0 Å². The maximum absolute atomic E-state index is 12.5. The van der Waals surface area contributed by atoms with E-state index in [4.69, 9.17) is 11.6 Å². The molecule has 1 aromatic heterocycles. The van der Waals surface area contributed by atoms with E-state index in [2.05, 4.69) is 20.9 Å². The molecule has 2 heterocycles. The Balaban J connectivity index is 1.75. The number of aromatic nitrogens is 1. The lowest BCUT2D eigenvalue weighted by atomic mass is 10.0. The van der Waals surface area contributed by atoms with Crippen molar-refractivity contribution in [1.29, 1.82) is 0 Å². The topological polar surface area (TPSA) is 66.0 Å². The highest BCUT2D eigenvalue weighted by Gasteiger charge is 2.31. The number of carbonyl (C=O) groups excluding carboxylic acids is 1. The van der Waals surface area contributed by atoms with E-state index in [0.29, 0.717) is 18.7 Å². The van der Waals surface area contributed by atoms with Crippen LogP contribution < -0.4 is 16.0 Å². The summed E-state index contributed by atoms with van der Waals surface area (Å²) in [7, 11) is 0. The van der Waals surface area contributed by atoms with Crippen LogP contribution in [-0.2, 0) is 11.0 Å². The SMILES string of the molecule is O=C(CCNc1ncc(C(F)(F)F)cc1Cl)NCC1CNC1. The van der Waals surface area contributed by atoms with Crippen LogP contribution in [0.4, 0.5) is 19.0 Å². The Hall–Kier alpha value is -1.54. The molecule has 22 heavy (non-hydrogen) atoms. The molecular formula is C13H16ClF3N4O. The van der Waals surface area contributed by atoms with E-state index < -0.39 is 11.7 Å². The summed E-state index contributed by atoms with van der Waals surface area (Å²) in [4.78, 5) is 15.2. The quantitative estimate of drug-likeness (QED) is 0.742. The van der Waals surface area contributed by atoms with Gasteiger partial charge in [0.2, 0.25) is 5.91 Å². The van der Waals surface area contributed by atoms with Crippen LogP contribution in [-0.4, -0.2) is 37.1 Å². The molecule has 0 spiro atoms. The fraction of sp³-hybridized carbons (Fsp3) is 0.538. The van der Waals surface area contributed by atoms with Gasteiger partial charge in [-0.2, -0.15) is 13.2 Å². The second-order valence-electron chi connectivity index (χ2n) is 5.06. The van der Waals surface area contributed by atoms with Gasteiger partial charge >= 0.3 is 6.18 Å². The van der Waals surface area contributed by atoms with Gasteiger partial charge < -0.3 is 16.0 Å². The Morgan fingerprint density at radius 3 is 2.73 bits per heavy atom. The Morgan fingerprint density at radius 2 is 2.18 bits per heavy atom. The highest BCUT2D eigenvalue weighted by atomic mass is 35.5. The Bertz CT molecular complexity index is 535. The lowest BCUT2D eigenvalue weighted by Crippen LogP contribution is -2.48. The van der Waals surface area contributed by atoms with Gasteiger partial charge in [0.1, 0.15) is 5.82 Å². The zero-order chi connectivity index (χ0) is 16.2. The normalized spacial score (nSPS) is 15.3. The van der Waals surface area contributed by atoms with Crippen LogP contribution in [0.25, 0.3) is 0 Å². The van der Waals surface area contributed by atoms with Crippen molar-refractivity contribution in [1.82, 2.24) is 15.6 Å². The molecule has 3 N–H and O–H groups in total. The third kappa shape index (κ3) is 4.74. The van der Waals surface area contributed by atoms with Crippen molar-refractivity contribution in [2.24, 2.45) is 5.92 Å². The second kappa shape index (κ2) is 7.15. The maximum Gasteiger partial charge on any atom is 0.417 e. The number of nitrogens with one attached hydrogen (secondary N) is 3. The number of pyridine rings is 1. The molecule has 1 aromatic rings. The number of halogens is 4. The van der Waals surface area contributed by atoms with E-state index in [1.54, 1.807) is 0 Å². The molecule has 5 nitrogen and oxygen atoms in total.